The standard InChI is InChI=1S/C16H22N2O4.C14H16N2O4.C2H5I/c1-3-17(16(20)18-8-10-22-11-9-18)12-13-4-6-14(7-5-13)15(19)21-2;1-19-13(17)12-4-2-11(3-5-12)10-15-14(18)16-6-8-20-9-7-16;1-2-3/h4-7H,3,8-12H2,1-2H3;2-5H,1,6-10H2;2H2,1H3/p+1. The highest BCUT2D eigenvalue weighted by molar-refractivity contribution is 14.1. The minimum absolute atomic E-state index is 0.0304. The van der Waals surface area contributed by atoms with Crippen molar-refractivity contribution in [2.75, 3.05) is 70.7 Å². The van der Waals surface area contributed by atoms with Gasteiger partial charge in [-0.05, 0) is 46.7 Å². The fourth-order valence-electron chi connectivity index (χ4n) is 4.25. The number of rotatable bonds is 7. The first-order valence-electron chi connectivity index (χ1n) is 14.8. The molecule has 2 aliphatic heterocycles. The highest BCUT2D eigenvalue weighted by Gasteiger charge is 2.22. The third-order valence-corrected chi connectivity index (χ3v) is 6.75. The Balaban J connectivity index is 0.000000289. The number of methoxy groups -OCH3 is 1. The number of ether oxygens (including phenoxy) is 3. The lowest BCUT2D eigenvalue weighted by Crippen LogP contribution is -2.47. The van der Waals surface area contributed by atoms with Crippen LogP contribution in [-0.4, -0.2) is 116 Å². The Morgan fingerprint density at radius 2 is 1.36 bits per heavy atom. The van der Waals surface area contributed by atoms with Gasteiger partial charge in [-0.15, -0.1) is 0 Å². The van der Waals surface area contributed by atoms with E-state index in [1.165, 1.54) is 11.5 Å². The summed E-state index contributed by atoms with van der Waals surface area (Å²) in [6.07, 6.45) is 0. The number of morpholine rings is 2. The Bertz CT molecular complexity index is 1210. The number of alkyl halides is 1. The first-order valence-corrected chi connectivity index (χ1v) is 16.3. The van der Waals surface area contributed by atoms with Crippen LogP contribution < -0.4 is 5.32 Å². The van der Waals surface area contributed by atoms with Gasteiger partial charge < -0.3 is 34.2 Å². The second-order valence-electron chi connectivity index (χ2n) is 9.74. The molecule has 4 rings (SSSR count). The normalized spacial score (nSPS) is 14.0. The summed E-state index contributed by atoms with van der Waals surface area (Å²) in [6, 6.07) is 13.9. The highest BCUT2D eigenvalue weighted by Crippen LogP contribution is 2.12. The van der Waals surface area contributed by atoms with E-state index in [0.717, 1.165) is 11.1 Å². The van der Waals surface area contributed by atoms with Crippen LogP contribution in [-0.2, 0) is 31.7 Å². The topological polar surface area (TPSA) is 129 Å². The zero-order valence-corrected chi connectivity index (χ0v) is 28.5. The van der Waals surface area contributed by atoms with Crippen molar-refractivity contribution in [2.24, 2.45) is 0 Å². The van der Waals surface area contributed by atoms with Crippen LogP contribution in [0.5, 0.6) is 0 Å². The van der Waals surface area contributed by atoms with Crippen LogP contribution in [0.3, 0.4) is 0 Å². The van der Waals surface area contributed by atoms with Gasteiger partial charge in [0.15, 0.2) is 6.79 Å². The van der Waals surface area contributed by atoms with Gasteiger partial charge in [0.1, 0.15) is 5.56 Å². The smallest absolute Gasteiger partial charge is 0.465 e. The predicted molar refractivity (Wildman–Crippen MR) is 179 cm³/mol. The van der Waals surface area contributed by atoms with E-state index >= 15 is 0 Å². The number of benzene rings is 2. The summed E-state index contributed by atoms with van der Waals surface area (Å²) in [4.78, 5) is 52.3. The van der Waals surface area contributed by atoms with Crippen LogP contribution in [0.4, 0.5) is 9.59 Å². The first-order chi connectivity index (χ1) is 21.8. The van der Waals surface area contributed by atoms with Gasteiger partial charge in [0.2, 0.25) is 0 Å². The van der Waals surface area contributed by atoms with Crippen molar-refractivity contribution in [2.45, 2.75) is 26.9 Å². The van der Waals surface area contributed by atoms with Gasteiger partial charge in [0.25, 0.3) is 0 Å². The molecule has 1 N–H and O–H groups in total. The number of carbonyl (C=O) groups is 4. The highest BCUT2D eigenvalue weighted by atomic mass is 127. The van der Waals surface area contributed by atoms with Gasteiger partial charge in [-0.2, -0.15) is 0 Å². The Morgan fingerprint density at radius 1 is 0.867 bits per heavy atom. The van der Waals surface area contributed by atoms with E-state index < -0.39 is 5.97 Å². The molecule has 0 atom stereocenters. The molecule has 0 radical (unpaired) electrons. The lowest BCUT2D eigenvalue weighted by atomic mass is 10.1. The monoisotopic (exact) mass is 739 g/mol. The maximum atomic E-state index is 12.5. The van der Waals surface area contributed by atoms with Crippen molar-refractivity contribution in [3.05, 3.63) is 70.8 Å². The van der Waals surface area contributed by atoms with Gasteiger partial charge in [0, 0.05) is 45.8 Å². The van der Waals surface area contributed by atoms with Gasteiger partial charge in [-0.1, -0.05) is 53.8 Å². The molecular formula is C32H44IN4O8+. The summed E-state index contributed by atoms with van der Waals surface area (Å²) < 4.78 is 20.7. The third kappa shape index (κ3) is 13.1. The zero-order valence-electron chi connectivity index (χ0n) is 26.3. The average molecular weight is 740 g/mol. The molecule has 2 aromatic rings. The van der Waals surface area contributed by atoms with E-state index in [0.29, 0.717) is 83.4 Å². The maximum Gasteiger partial charge on any atom is 0.612 e. The molecule has 0 saturated carbocycles. The fourth-order valence-corrected chi connectivity index (χ4v) is 4.25. The van der Waals surface area contributed by atoms with Crippen molar-refractivity contribution < 1.29 is 37.8 Å². The van der Waals surface area contributed by atoms with Crippen LogP contribution in [0.2, 0.25) is 0 Å². The Morgan fingerprint density at radius 3 is 1.84 bits per heavy atom. The number of hydrogen-bond donors (Lipinski definition) is 1. The number of nitrogens with one attached hydrogen (secondary N) is 1. The SMILES string of the molecule is C=[O+]C(=O)c1ccc(CNC(=O)N2CCOCC2)cc1.CCI.CCN(Cc1ccc(C(=O)OC)cc1)C(=O)N1CCOCC1. The minimum Gasteiger partial charge on any atom is -0.465 e. The zero-order chi connectivity index (χ0) is 33.0. The molecule has 2 aliphatic rings. The van der Waals surface area contributed by atoms with E-state index in [1.807, 2.05) is 24.0 Å². The van der Waals surface area contributed by atoms with Crippen molar-refractivity contribution in [1.82, 2.24) is 20.0 Å². The molecule has 13 heteroatoms. The van der Waals surface area contributed by atoms with E-state index in [1.54, 1.807) is 46.2 Å². The number of hydrogen-bond acceptors (Lipinski definition) is 7. The molecule has 45 heavy (non-hydrogen) atoms. The summed E-state index contributed by atoms with van der Waals surface area (Å²) in [5, 5.41) is 2.83. The van der Waals surface area contributed by atoms with E-state index in [9.17, 15) is 19.2 Å². The van der Waals surface area contributed by atoms with Crippen molar-refractivity contribution in [1.29, 1.82) is 0 Å². The molecule has 246 valence electrons. The first kappa shape index (κ1) is 37.6. The lowest BCUT2D eigenvalue weighted by molar-refractivity contribution is -0.334. The maximum absolute atomic E-state index is 12.5. The van der Waals surface area contributed by atoms with Gasteiger partial charge in [-0.25, -0.2) is 14.4 Å². The summed E-state index contributed by atoms with van der Waals surface area (Å²) in [6.45, 7) is 13.6. The Labute approximate surface area is 278 Å². The number of esters is 1. The van der Waals surface area contributed by atoms with E-state index in [4.69, 9.17) is 9.47 Å². The van der Waals surface area contributed by atoms with Gasteiger partial charge in [-0.3, -0.25) is 4.42 Å². The molecule has 0 bridgehead atoms. The molecule has 2 saturated heterocycles. The van der Waals surface area contributed by atoms with Crippen molar-refractivity contribution in [3.63, 3.8) is 0 Å². The summed E-state index contributed by atoms with van der Waals surface area (Å²) in [5.41, 5.74) is 2.83. The van der Waals surface area contributed by atoms with E-state index in [-0.39, 0.29) is 18.0 Å². The van der Waals surface area contributed by atoms with Crippen molar-refractivity contribution in [3.8, 4) is 0 Å². The molecule has 2 aromatic carbocycles. The van der Waals surface area contributed by atoms with Crippen LogP contribution in [0, 0.1) is 0 Å². The fraction of sp³-hybridized carbons (Fsp3) is 0.469. The molecular weight excluding hydrogens is 695 g/mol. The molecule has 2 fully saturated rings. The predicted octanol–water partition coefficient (Wildman–Crippen LogP) is 3.92. The van der Waals surface area contributed by atoms with Crippen LogP contribution in [0.1, 0.15) is 45.7 Å². The van der Waals surface area contributed by atoms with Gasteiger partial charge in [0.05, 0.1) is 43.9 Å². The summed E-state index contributed by atoms with van der Waals surface area (Å²) in [5.74, 6) is -0.836. The third-order valence-electron chi connectivity index (χ3n) is 6.75. The molecule has 0 aliphatic carbocycles. The molecule has 0 aromatic heterocycles. The summed E-state index contributed by atoms with van der Waals surface area (Å²) in [7, 11) is 1.36. The quantitative estimate of drug-likeness (QED) is 0.197. The van der Waals surface area contributed by atoms with Crippen molar-refractivity contribution >= 4 is 53.4 Å². The molecule has 0 spiro atoms. The van der Waals surface area contributed by atoms with Crippen LogP contribution in [0.25, 0.3) is 0 Å². The van der Waals surface area contributed by atoms with Gasteiger partial charge >= 0.3 is 24.0 Å². The molecule has 4 amide bonds. The summed E-state index contributed by atoms with van der Waals surface area (Å²) >= 11 is 2.29. The number of halogens is 1. The Hall–Kier alpha value is -3.56. The minimum atomic E-state index is -0.478. The van der Waals surface area contributed by atoms with Crippen LogP contribution >= 0.6 is 22.6 Å². The molecule has 0 unspecified atom stereocenters. The molecule has 12 nitrogen and oxygen atoms in total. The lowest BCUT2D eigenvalue weighted by Gasteiger charge is -2.32. The second-order valence-corrected chi connectivity index (χ2v) is 11.3. The number of nitrogens with zero attached hydrogens (tertiary/aromatic N) is 3. The second kappa shape index (κ2) is 21.2. The van der Waals surface area contributed by atoms with Crippen LogP contribution in [0.15, 0.2) is 48.5 Å². The molecule has 2 heterocycles. The largest absolute Gasteiger partial charge is 0.612 e. The van der Waals surface area contributed by atoms with E-state index in [2.05, 4.69) is 50.8 Å². The average Bonchev–Trinajstić information content (AvgIpc) is 3.10. The number of amides is 4. The Kier molecular flexibility index (Phi) is 17.7. The number of urea groups is 2. The number of carbonyl (C=O) groups excluding carboxylic acids is 5.